The predicted molar refractivity (Wildman–Crippen MR) is 130 cm³/mol. The van der Waals surface area contributed by atoms with Crippen molar-refractivity contribution in [3.8, 4) is 5.88 Å². The van der Waals surface area contributed by atoms with Crippen LogP contribution in [0.25, 0.3) is 0 Å². The van der Waals surface area contributed by atoms with E-state index in [0.29, 0.717) is 41.0 Å². The number of rotatable bonds is 8. The van der Waals surface area contributed by atoms with Crippen molar-refractivity contribution in [2.24, 2.45) is 0 Å². The summed E-state index contributed by atoms with van der Waals surface area (Å²) in [5.74, 6) is -0.173. The molecule has 4 rings (SSSR count). The fourth-order valence-electron chi connectivity index (χ4n) is 4.06. The molecule has 0 radical (unpaired) electrons. The van der Waals surface area contributed by atoms with Crippen LogP contribution in [0.2, 0.25) is 0 Å². The number of nitrogens with one attached hydrogen (secondary N) is 1. The van der Waals surface area contributed by atoms with Crippen LogP contribution >= 0.6 is 11.5 Å². The van der Waals surface area contributed by atoms with Gasteiger partial charge in [-0.15, -0.1) is 0 Å². The number of ether oxygens (including phenoxy) is 1. The Morgan fingerprint density at radius 2 is 2.03 bits per heavy atom. The van der Waals surface area contributed by atoms with Gasteiger partial charge in [-0.3, -0.25) is 9.78 Å². The molecule has 1 saturated heterocycles. The van der Waals surface area contributed by atoms with Gasteiger partial charge < -0.3 is 15.0 Å². The summed E-state index contributed by atoms with van der Waals surface area (Å²) >= 11 is 1.07. The number of aromatic nitrogens is 4. The maximum Gasteiger partial charge on any atom is 0.434 e. The van der Waals surface area contributed by atoms with Crippen LogP contribution in [0.3, 0.4) is 0 Å². The quantitative estimate of drug-likeness (QED) is 0.416. The summed E-state index contributed by atoms with van der Waals surface area (Å²) < 4.78 is 62.7. The van der Waals surface area contributed by atoms with Crippen molar-refractivity contribution >= 4 is 23.1 Å². The van der Waals surface area contributed by atoms with Crippen LogP contribution in [0, 0.1) is 6.92 Å². The molecule has 37 heavy (non-hydrogen) atoms. The molecule has 1 aliphatic rings. The number of aryl methyl sites for hydroxylation is 1. The van der Waals surface area contributed by atoms with E-state index in [0.717, 1.165) is 37.2 Å². The average Bonchev–Trinajstić information content (AvgIpc) is 3.22. The molecule has 0 bridgehead atoms. The number of nitrogens with zero attached hydrogens (tertiary/aromatic N) is 5. The Balaban J connectivity index is 1.37. The minimum atomic E-state index is -4.58. The molecule has 0 aliphatic carbocycles. The van der Waals surface area contributed by atoms with Crippen molar-refractivity contribution in [1.29, 1.82) is 0 Å². The maximum atomic E-state index is 14.5. The van der Waals surface area contributed by atoms with Gasteiger partial charge >= 0.3 is 6.18 Å². The van der Waals surface area contributed by atoms with Crippen LogP contribution in [-0.2, 0) is 12.6 Å². The molecule has 1 amide bonds. The summed E-state index contributed by atoms with van der Waals surface area (Å²) in [5.41, 5.74) is 0.386. The van der Waals surface area contributed by atoms with E-state index >= 15 is 0 Å². The highest BCUT2D eigenvalue weighted by Crippen LogP contribution is 2.28. The van der Waals surface area contributed by atoms with E-state index in [-0.39, 0.29) is 18.0 Å². The van der Waals surface area contributed by atoms with Crippen molar-refractivity contribution in [1.82, 2.24) is 24.2 Å². The van der Waals surface area contributed by atoms with Gasteiger partial charge in [-0.25, -0.2) is 14.4 Å². The van der Waals surface area contributed by atoms with Gasteiger partial charge in [-0.05, 0) is 43.9 Å². The van der Waals surface area contributed by atoms with Crippen molar-refractivity contribution in [3.05, 3.63) is 58.2 Å². The van der Waals surface area contributed by atoms with Crippen LogP contribution in [0.1, 0.15) is 52.1 Å². The summed E-state index contributed by atoms with van der Waals surface area (Å²) in [6.45, 7) is 5.69. The van der Waals surface area contributed by atoms with Crippen molar-refractivity contribution < 1.29 is 27.1 Å². The molecule has 198 valence electrons. The molecule has 13 heteroatoms. The zero-order valence-corrected chi connectivity index (χ0v) is 21.1. The van der Waals surface area contributed by atoms with Crippen LogP contribution in [0.15, 0.2) is 30.7 Å². The second-order valence-electron chi connectivity index (χ2n) is 8.73. The van der Waals surface area contributed by atoms with Crippen molar-refractivity contribution in [2.75, 3.05) is 25.0 Å². The van der Waals surface area contributed by atoms with Crippen molar-refractivity contribution in [2.45, 2.75) is 51.6 Å². The minimum Gasteiger partial charge on any atom is -0.471 e. The van der Waals surface area contributed by atoms with Crippen LogP contribution in [-0.4, -0.2) is 62.0 Å². The van der Waals surface area contributed by atoms with E-state index < -0.39 is 30.1 Å². The first-order valence-corrected chi connectivity index (χ1v) is 12.5. The highest BCUT2D eigenvalue weighted by molar-refractivity contribution is 7.06. The van der Waals surface area contributed by atoms with E-state index in [4.69, 9.17) is 4.74 Å². The molecule has 2 atom stereocenters. The lowest BCUT2D eigenvalue weighted by Crippen LogP contribution is -2.47. The van der Waals surface area contributed by atoms with Crippen LogP contribution in [0.4, 0.5) is 23.2 Å². The molecule has 1 N–H and O–H groups in total. The molecular weight excluding hydrogens is 512 g/mol. The second-order valence-corrected chi connectivity index (χ2v) is 9.59. The number of amides is 1. The van der Waals surface area contributed by atoms with E-state index in [1.54, 1.807) is 19.1 Å². The number of anilines is 1. The van der Waals surface area contributed by atoms with E-state index in [1.165, 1.54) is 6.20 Å². The highest BCUT2D eigenvalue weighted by atomic mass is 32.1. The van der Waals surface area contributed by atoms with Crippen LogP contribution < -0.4 is 10.1 Å². The first kappa shape index (κ1) is 26.9. The lowest BCUT2D eigenvalue weighted by Gasteiger charge is -2.34. The van der Waals surface area contributed by atoms with E-state index in [1.807, 2.05) is 0 Å². The molecule has 8 nitrogen and oxygen atoms in total. The largest absolute Gasteiger partial charge is 0.471 e. The number of hydrogen-bond donors (Lipinski definition) is 1. The molecular formula is C24H26F4N6O2S. The lowest BCUT2D eigenvalue weighted by molar-refractivity contribution is -0.141. The molecule has 0 aromatic carbocycles. The highest BCUT2D eigenvalue weighted by Gasteiger charge is 2.33. The van der Waals surface area contributed by atoms with Gasteiger partial charge in [-0.1, -0.05) is 6.92 Å². The number of piperidine rings is 1. The van der Waals surface area contributed by atoms with Gasteiger partial charge in [0.2, 0.25) is 5.88 Å². The van der Waals surface area contributed by atoms with Crippen LogP contribution in [0.5, 0.6) is 5.88 Å². The number of alkyl halides is 4. The first-order valence-electron chi connectivity index (χ1n) is 11.8. The number of carbonyl (C=O) groups is 1. The van der Waals surface area contributed by atoms with Gasteiger partial charge in [-0.2, -0.15) is 17.5 Å². The monoisotopic (exact) mass is 538 g/mol. The van der Waals surface area contributed by atoms with E-state index in [9.17, 15) is 22.4 Å². The zero-order chi connectivity index (χ0) is 26.6. The summed E-state index contributed by atoms with van der Waals surface area (Å²) in [6.07, 6.45) is -1.49. The standard InChI is InChI=1S/C24H26F4N6O2S/c1-3-7-34-8-6-18(17(25)13-34)36-21-5-4-15(10-31-21)32-23(35)22-14(2)33-37-19(22)9-16-11-30-20(12-29-16)24(26,27)28/h4-5,10-12,17-18H,3,6-9,13H2,1-2H3,(H,32,35)/t17-,18+/m0/s1. The van der Waals surface area contributed by atoms with Gasteiger partial charge in [0.1, 0.15) is 12.3 Å². The van der Waals surface area contributed by atoms with Gasteiger partial charge in [0.05, 0.1) is 35.0 Å². The molecule has 3 aromatic rings. The number of halogens is 4. The van der Waals surface area contributed by atoms with Gasteiger partial charge in [0, 0.05) is 36.7 Å². The molecule has 1 aliphatic heterocycles. The Morgan fingerprint density at radius 1 is 1.22 bits per heavy atom. The van der Waals surface area contributed by atoms with Gasteiger partial charge in [0.15, 0.2) is 5.69 Å². The topological polar surface area (TPSA) is 93.1 Å². The summed E-state index contributed by atoms with van der Waals surface area (Å²) in [6, 6.07) is 3.17. The maximum absolute atomic E-state index is 14.5. The number of hydrogen-bond acceptors (Lipinski definition) is 8. The van der Waals surface area contributed by atoms with Crippen molar-refractivity contribution in [3.63, 3.8) is 0 Å². The second kappa shape index (κ2) is 11.5. The molecule has 0 spiro atoms. The summed E-state index contributed by atoms with van der Waals surface area (Å²) in [7, 11) is 0. The number of pyridine rings is 1. The first-order chi connectivity index (χ1) is 17.6. The Kier molecular flexibility index (Phi) is 8.32. The fourth-order valence-corrected chi connectivity index (χ4v) is 4.94. The SMILES string of the molecule is CCCN1CC[C@@H](Oc2ccc(NC(=O)c3c(C)nsc3Cc3cnc(C(F)(F)F)cn3)cn2)[C@@H](F)C1. The average molecular weight is 539 g/mol. The smallest absolute Gasteiger partial charge is 0.434 e. The molecule has 0 saturated carbocycles. The molecule has 1 fully saturated rings. The number of likely N-dealkylation sites (tertiary alicyclic amines) is 1. The predicted octanol–water partition coefficient (Wildman–Crippen LogP) is 4.70. The summed E-state index contributed by atoms with van der Waals surface area (Å²) in [4.78, 5) is 27.0. The molecule has 0 unspecified atom stereocenters. The Bertz CT molecular complexity index is 1200. The Labute approximate surface area is 215 Å². The third-order valence-electron chi connectivity index (χ3n) is 5.87. The lowest BCUT2D eigenvalue weighted by atomic mass is 10.1. The third-order valence-corrected chi connectivity index (χ3v) is 6.80. The van der Waals surface area contributed by atoms with E-state index in [2.05, 4.69) is 36.5 Å². The molecule has 3 aromatic heterocycles. The fraction of sp³-hybridized carbons (Fsp3) is 0.458. The minimum absolute atomic E-state index is 0.103. The summed E-state index contributed by atoms with van der Waals surface area (Å²) in [5, 5.41) is 2.74. The Morgan fingerprint density at radius 3 is 2.65 bits per heavy atom. The zero-order valence-electron chi connectivity index (χ0n) is 20.3. The Hall–Kier alpha value is -3.19. The molecule has 4 heterocycles. The third kappa shape index (κ3) is 6.77. The normalized spacial score (nSPS) is 18.5. The number of carbonyl (C=O) groups excluding carboxylic acids is 1. The van der Waals surface area contributed by atoms with Gasteiger partial charge in [0.25, 0.3) is 5.91 Å².